The first-order chi connectivity index (χ1) is 9.00. The monoisotopic (exact) mass is 286 g/mol. The highest BCUT2D eigenvalue weighted by molar-refractivity contribution is 6.30. The van der Waals surface area contributed by atoms with Gasteiger partial charge in [-0.15, -0.1) is 0 Å². The highest BCUT2D eigenvalue weighted by Crippen LogP contribution is 2.27. The number of anilines is 1. The average Bonchev–Trinajstić information content (AvgIpc) is 2.34. The molecule has 104 valence electrons. The Morgan fingerprint density at radius 2 is 2.11 bits per heavy atom. The third-order valence-corrected chi connectivity index (χ3v) is 2.77. The van der Waals surface area contributed by atoms with Crippen LogP contribution in [0.3, 0.4) is 0 Å². The largest absolute Gasteiger partial charge is 0.481 e. The van der Waals surface area contributed by atoms with Crippen LogP contribution in [-0.2, 0) is 4.79 Å². The zero-order valence-electron chi connectivity index (χ0n) is 10.3. The Labute approximate surface area is 115 Å². The molecule has 1 aromatic rings. The molecule has 0 aliphatic carbocycles. The molecule has 0 heterocycles. The van der Waals surface area contributed by atoms with Crippen molar-refractivity contribution in [1.29, 1.82) is 0 Å². The zero-order chi connectivity index (χ0) is 14.3. The van der Waals surface area contributed by atoms with Crippen LogP contribution in [0.4, 0.5) is 11.4 Å². The van der Waals surface area contributed by atoms with Gasteiger partial charge >= 0.3 is 5.97 Å². The van der Waals surface area contributed by atoms with E-state index in [1.807, 2.05) is 0 Å². The van der Waals surface area contributed by atoms with Gasteiger partial charge in [0.05, 0.1) is 4.92 Å². The van der Waals surface area contributed by atoms with Crippen molar-refractivity contribution in [1.82, 2.24) is 0 Å². The molecular weight excluding hydrogens is 272 g/mol. The van der Waals surface area contributed by atoms with Crippen molar-refractivity contribution in [3.05, 3.63) is 33.3 Å². The molecule has 0 fully saturated rings. The molecular formula is C12H15ClN2O4. The Kier molecular flexibility index (Phi) is 6.08. The minimum Gasteiger partial charge on any atom is -0.481 e. The number of rotatable bonds is 8. The first-order valence-corrected chi connectivity index (χ1v) is 6.28. The van der Waals surface area contributed by atoms with Crippen LogP contribution in [0.5, 0.6) is 0 Å². The molecule has 2 N–H and O–H groups in total. The molecule has 0 saturated heterocycles. The van der Waals surface area contributed by atoms with Gasteiger partial charge in [-0.1, -0.05) is 18.0 Å². The molecule has 0 atom stereocenters. The van der Waals surface area contributed by atoms with E-state index in [0.717, 1.165) is 12.8 Å². The number of aliphatic carboxylic acids is 1. The highest BCUT2D eigenvalue weighted by atomic mass is 35.5. The van der Waals surface area contributed by atoms with E-state index < -0.39 is 10.9 Å². The Balaban J connectivity index is 2.41. The summed E-state index contributed by atoms with van der Waals surface area (Å²) in [6.45, 7) is 0.558. The molecule has 0 aromatic heterocycles. The number of benzene rings is 1. The maximum Gasteiger partial charge on any atom is 0.303 e. The van der Waals surface area contributed by atoms with Crippen molar-refractivity contribution in [2.24, 2.45) is 0 Å². The number of hydrogen-bond donors (Lipinski definition) is 2. The quantitative estimate of drug-likeness (QED) is 0.434. The number of nitro groups is 1. The maximum absolute atomic E-state index is 10.8. The molecule has 7 heteroatoms. The summed E-state index contributed by atoms with van der Waals surface area (Å²) in [5.74, 6) is -0.804. The van der Waals surface area contributed by atoms with Crippen molar-refractivity contribution in [3.63, 3.8) is 0 Å². The van der Waals surface area contributed by atoms with E-state index in [4.69, 9.17) is 16.7 Å². The van der Waals surface area contributed by atoms with Gasteiger partial charge in [-0.3, -0.25) is 14.9 Å². The molecule has 6 nitrogen and oxygen atoms in total. The molecule has 0 aliphatic rings. The lowest BCUT2D eigenvalue weighted by Gasteiger charge is -2.07. The highest BCUT2D eigenvalue weighted by Gasteiger charge is 2.13. The fraction of sp³-hybridized carbons (Fsp3) is 0.417. The zero-order valence-corrected chi connectivity index (χ0v) is 11.0. The van der Waals surface area contributed by atoms with Gasteiger partial charge in [-0.25, -0.2) is 0 Å². The van der Waals surface area contributed by atoms with Crippen molar-refractivity contribution in [3.8, 4) is 0 Å². The second-order valence-electron chi connectivity index (χ2n) is 4.05. The number of nitrogens with zero attached hydrogens (tertiary/aromatic N) is 1. The van der Waals surface area contributed by atoms with E-state index in [-0.39, 0.29) is 12.1 Å². The Bertz CT molecular complexity index is 465. The molecule has 19 heavy (non-hydrogen) atoms. The Morgan fingerprint density at radius 1 is 1.37 bits per heavy atom. The van der Waals surface area contributed by atoms with E-state index in [1.165, 1.54) is 6.07 Å². The molecule has 0 saturated carbocycles. The van der Waals surface area contributed by atoms with Gasteiger partial charge in [-0.2, -0.15) is 0 Å². The molecule has 1 aromatic carbocycles. The van der Waals surface area contributed by atoms with Gasteiger partial charge in [0.2, 0.25) is 0 Å². The minimum absolute atomic E-state index is 0.0574. The number of nitro benzene ring substituents is 1. The van der Waals surface area contributed by atoms with E-state index in [2.05, 4.69) is 5.32 Å². The summed E-state index contributed by atoms with van der Waals surface area (Å²) in [6.07, 6.45) is 2.29. The Hall–Kier alpha value is -1.82. The van der Waals surface area contributed by atoms with E-state index in [0.29, 0.717) is 23.7 Å². The lowest BCUT2D eigenvalue weighted by atomic mass is 10.2. The summed E-state index contributed by atoms with van der Waals surface area (Å²) in [5.41, 5.74) is 0.366. The third kappa shape index (κ3) is 5.56. The standard InChI is InChI=1S/C12H15ClN2O4/c13-9-5-6-10(11(8-9)15(18)19)14-7-3-1-2-4-12(16)17/h5-6,8,14H,1-4,7H2,(H,16,17). The fourth-order valence-electron chi connectivity index (χ4n) is 1.61. The van der Waals surface area contributed by atoms with Gasteiger partial charge in [0.15, 0.2) is 0 Å². The van der Waals surface area contributed by atoms with Crippen LogP contribution in [0.15, 0.2) is 18.2 Å². The third-order valence-electron chi connectivity index (χ3n) is 2.54. The normalized spacial score (nSPS) is 10.2. The van der Waals surface area contributed by atoms with Crippen LogP contribution in [0.25, 0.3) is 0 Å². The van der Waals surface area contributed by atoms with E-state index in [9.17, 15) is 14.9 Å². The number of carboxylic acid groups (broad SMARTS) is 1. The summed E-state index contributed by atoms with van der Waals surface area (Å²) in [7, 11) is 0. The van der Waals surface area contributed by atoms with Crippen molar-refractivity contribution in [2.75, 3.05) is 11.9 Å². The van der Waals surface area contributed by atoms with Gasteiger partial charge in [-0.05, 0) is 25.0 Å². The fourth-order valence-corrected chi connectivity index (χ4v) is 1.77. The second kappa shape index (κ2) is 7.58. The summed E-state index contributed by atoms with van der Waals surface area (Å²) in [5, 5.41) is 22.6. The minimum atomic E-state index is -0.804. The van der Waals surface area contributed by atoms with Crippen LogP contribution in [0.2, 0.25) is 5.02 Å². The van der Waals surface area contributed by atoms with Crippen molar-refractivity contribution < 1.29 is 14.8 Å². The van der Waals surface area contributed by atoms with Gasteiger partial charge in [0.25, 0.3) is 5.69 Å². The molecule has 0 amide bonds. The van der Waals surface area contributed by atoms with Crippen LogP contribution >= 0.6 is 11.6 Å². The molecule has 0 spiro atoms. The molecule has 1 rings (SSSR count). The van der Waals surface area contributed by atoms with Crippen LogP contribution in [0.1, 0.15) is 25.7 Å². The van der Waals surface area contributed by atoms with Crippen LogP contribution in [0, 0.1) is 10.1 Å². The summed E-state index contributed by atoms with van der Waals surface area (Å²) in [6, 6.07) is 4.45. The predicted molar refractivity (Wildman–Crippen MR) is 72.7 cm³/mol. The topological polar surface area (TPSA) is 92.5 Å². The first-order valence-electron chi connectivity index (χ1n) is 5.90. The number of unbranched alkanes of at least 4 members (excludes halogenated alkanes) is 2. The van der Waals surface area contributed by atoms with Gasteiger partial charge < -0.3 is 10.4 Å². The average molecular weight is 287 g/mol. The lowest BCUT2D eigenvalue weighted by molar-refractivity contribution is -0.383. The summed E-state index contributed by atoms with van der Waals surface area (Å²) in [4.78, 5) is 20.6. The number of hydrogen-bond acceptors (Lipinski definition) is 4. The first kappa shape index (κ1) is 15.2. The number of halogens is 1. The maximum atomic E-state index is 10.8. The van der Waals surface area contributed by atoms with Crippen LogP contribution < -0.4 is 5.32 Å². The molecule has 0 radical (unpaired) electrons. The summed E-state index contributed by atoms with van der Waals surface area (Å²) >= 11 is 5.71. The number of nitrogens with one attached hydrogen (secondary N) is 1. The lowest BCUT2D eigenvalue weighted by Crippen LogP contribution is -2.04. The molecule has 0 aliphatic heterocycles. The Morgan fingerprint density at radius 3 is 2.74 bits per heavy atom. The summed E-state index contributed by atoms with van der Waals surface area (Å²) < 4.78 is 0. The molecule has 0 unspecified atom stereocenters. The molecule has 0 bridgehead atoms. The number of carbonyl (C=O) groups is 1. The smallest absolute Gasteiger partial charge is 0.303 e. The van der Waals surface area contributed by atoms with E-state index in [1.54, 1.807) is 12.1 Å². The van der Waals surface area contributed by atoms with Crippen molar-refractivity contribution >= 4 is 28.9 Å². The van der Waals surface area contributed by atoms with Gasteiger partial charge in [0, 0.05) is 24.1 Å². The van der Waals surface area contributed by atoms with Gasteiger partial charge in [0.1, 0.15) is 5.69 Å². The predicted octanol–water partition coefficient (Wildman–Crippen LogP) is 3.31. The van der Waals surface area contributed by atoms with Crippen LogP contribution in [-0.4, -0.2) is 22.5 Å². The second-order valence-corrected chi connectivity index (χ2v) is 4.49. The number of carboxylic acids is 1. The van der Waals surface area contributed by atoms with E-state index >= 15 is 0 Å². The SMILES string of the molecule is O=C(O)CCCCCNc1ccc(Cl)cc1[N+](=O)[O-]. The van der Waals surface area contributed by atoms with Crippen molar-refractivity contribution in [2.45, 2.75) is 25.7 Å².